The SMILES string of the molecule is COc1ccc(CCNC(=O)c2c(C)c(-c3ccccc3)nc3ccc(Cl)cc23)cc1OC. The number of pyridine rings is 1. The Bertz CT molecular complexity index is 1310. The van der Waals surface area contributed by atoms with Crippen molar-refractivity contribution in [3.05, 3.63) is 88.4 Å². The molecular formula is C27H25ClN2O3. The first-order valence-electron chi connectivity index (χ1n) is 10.7. The average molecular weight is 461 g/mol. The highest BCUT2D eigenvalue weighted by atomic mass is 35.5. The second-order valence-corrected chi connectivity index (χ2v) is 8.12. The van der Waals surface area contributed by atoms with Gasteiger partial charge in [0.15, 0.2) is 11.5 Å². The van der Waals surface area contributed by atoms with Gasteiger partial charge in [0.1, 0.15) is 0 Å². The van der Waals surface area contributed by atoms with Gasteiger partial charge in [0.25, 0.3) is 5.91 Å². The first-order chi connectivity index (χ1) is 16.0. The minimum Gasteiger partial charge on any atom is -0.493 e. The van der Waals surface area contributed by atoms with E-state index < -0.39 is 0 Å². The molecule has 1 N–H and O–H groups in total. The number of amides is 1. The predicted octanol–water partition coefficient (Wildman–Crippen LogP) is 5.85. The summed E-state index contributed by atoms with van der Waals surface area (Å²) >= 11 is 6.26. The molecule has 5 nitrogen and oxygen atoms in total. The molecule has 0 bridgehead atoms. The fraction of sp³-hybridized carbons (Fsp3) is 0.185. The van der Waals surface area contributed by atoms with Crippen molar-refractivity contribution in [2.45, 2.75) is 13.3 Å². The molecule has 0 fully saturated rings. The van der Waals surface area contributed by atoms with Crippen molar-refractivity contribution in [3.63, 3.8) is 0 Å². The van der Waals surface area contributed by atoms with Gasteiger partial charge >= 0.3 is 0 Å². The molecule has 1 amide bonds. The smallest absolute Gasteiger partial charge is 0.252 e. The maximum absolute atomic E-state index is 13.4. The second kappa shape index (κ2) is 9.92. The molecule has 1 aromatic heterocycles. The van der Waals surface area contributed by atoms with E-state index in [0.717, 1.165) is 33.3 Å². The van der Waals surface area contributed by atoms with Crippen LogP contribution in [0.1, 0.15) is 21.5 Å². The summed E-state index contributed by atoms with van der Waals surface area (Å²) in [5.74, 6) is 1.19. The Kier molecular flexibility index (Phi) is 6.80. The van der Waals surface area contributed by atoms with Crippen LogP contribution < -0.4 is 14.8 Å². The summed E-state index contributed by atoms with van der Waals surface area (Å²) in [6.07, 6.45) is 0.653. The number of hydrogen-bond donors (Lipinski definition) is 1. The lowest BCUT2D eigenvalue weighted by atomic mass is 9.97. The fourth-order valence-corrected chi connectivity index (χ4v) is 4.12. The normalized spacial score (nSPS) is 10.8. The summed E-state index contributed by atoms with van der Waals surface area (Å²) in [5.41, 5.74) is 4.93. The van der Waals surface area contributed by atoms with Gasteiger partial charge in [0, 0.05) is 22.5 Å². The summed E-state index contributed by atoms with van der Waals surface area (Å²) in [6.45, 7) is 2.40. The second-order valence-electron chi connectivity index (χ2n) is 7.68. The van der Waals surface area contributed by atoms with Crippen molar-refractivity contribution in [1.29, 1.82) is 0 Å². The molecule has 0 spiro atoms. The van der Waals surface area contributed by atoms with E-state index in [4.69, 9.17) is 26.1 Å². The molecule has 0 aliphatic heterocycles. The van der Waals surface area contributed by atoms with Crippen molar-refractivity contribution in [1.82, 2.24) is 10.3 Å². The highest BCUT2D eigenvalue weighted by molar-refractivity contribution is 6.31. The maximum atomic E-state index is 13.4. The number of nitrogens with zero attached hydrogens (tertiary/aromatic N) is 1. The van der Waals surface area contributed by atoms with Crippen LogP contribution in [0.15, 0.2) is 66.7 Å². The van der Waals surface area contributed by atoms with Crippen molar-refractivity contribution >= 4 is 28.4 Å². The van der Waals surface area contributed by atoms with E-state index in [1.807, 2.05) is 61.5 Å². The van der Waals surface area contributed by atoms with E-state index in [2.05, 4.69) is 5.32 Å². The van der Waals surface area contributed by atoms with Crippen LogP contribution in [0.3, 0.4) is 0 Å². The molecule has 0 aliphatic rings. The van der Waals surface area contributed by atoms with Gasteiger partial charge in [0.05, 0.1) is 31.0 Å². The number of aromatic nitrogens is 1. The number of ether oxygens (including phenoxy) is 2. The number of benzene rings is 3. The van der Waals surface area contributed by atoms with Gasteiger partial charge in [-0.3, -0.25) is 4.79 Å². The molecule has 4 aromatic rings. The number of halogens is 1. The predicted molar refractivity (Wildman–Crippen MR) is 133 cm³/mol. The third-order valence-corrected chi connectivity index (χ3v) is 5.85. The van der Waals surface area contributed by atoms with Gasteiger partial charge in [0.2, 0.25) is 0 Å². The molecule has 168 valence electrons. The Morgan fingerprint density at radius 3 is 2.45 bits per heavy atom. The largest absolute Gasteiger partial charge is 0.493 e. The third-order valence-electron chi connectivity index (χ3n) is 5.61. The molecule has 0 radical (unpaired) electrons. The monoisotopic (exact) mass is 460 g/mol. The number of fused-ring (bicyclic) bond motifs is 1. The summed E-state index contributed by atoms with van der Waals surface area (Å²) in [5, 5.41) is 4.37. The number of carbonyl (C=O) groups is 1. The first-order valence-corrected chi connectivity index (χ1v) is 11.0. The molecule has 0 saturated carbocycles. The highest BCUT2D eigenvalue weighted by Crippen LogP contribution is 2.31. The number of carbonyl (C=O) groups excluding carboxylic acids is 1. The summed E-state index contributed by atoms with van der Waals surface area (Å²) in [7, 11) is 3.21. The van der Waals surface area contributed by atoms with Crippen molar-refractivity contribution < 1.29 is 14.3 Å². The van der Waals surface area contributed by atoms with Gasteiger partial charge in [-0.2, -0.15) is 0 Å². The molecule has 3 aromatic carbocycles. The summed E-state index contributed by atoms with van der Waals surface area (Å²) in [6, 6.07) is 21.1. The van der Waals surface area contributed by atoms with Crippen molar-refractivity contribution in [2.24, 2.45) is 0 Å². The van der Waals surface area contributed by atoms with E-state index in [1.54, 1.807) is 26.4 Å². The van der Waals surface area contributed by atoms with E-state index in [0.29, 0.717) is 35.1 Å². The minimum atomic E-state index is -0.153. The van der Waals surface area contributed by atoms with Gasteiger partial charge in [-0.1, -0.05) is 48.0 Å². The molecule has 1 heterocycles. The first kappa shape index (κ1) is 22.6. The maximum Gasteiger partial charge on any atom is 0.252 e. The van der Waals surface area contributed by atoms with Crippen molar-refractivity contribution in [2.75, 3.05) is 20.8 Å². The van der Waals surface area contributed by atoms with Crippen LogP contribution in [-0.2, 0) is 6.42 Å². The lowest BCUT2D eigenvalue weighted by Gasteiger charge is -2.15. The zero-order valence-electron chi connectivity index (χ0n) is 18.8. The third kappa shape index (κ3) is 4.78. The van der Waals surface area contributed by atoms with Crippen LogP contribution in [-0.4, -0.2) is 31.7 Å². The van der Waals surface area contributed by atoms with E-state index in [9.17, 15) is 4.79 Å². The minimum absolute atomic E-state index is 0.153. The zero-order valence-corrected chi connectivity index (χ0v) is 19.6. The topological polar surface area (TPSA) is 60.5 Å². The van der Waals surface area contributed by atoms with Gasteiger partial charge in [-0.25, -0.2) is 4.98 Å². The van der Waals surface area contributed by atoms with Crippen LogP contribution in [0, 0.1) is 6.92 Å². The quantitative estimate of drug-likeness (QED) is 0.375. The summed E-state index contributed by atoms with van der Waals surface area (Å²) in [4.78, 5) is 18.2. The number of rotatable bonds is 7. The van der Waals surface area contributed by atoms with Gasteiger partial charge < -0.3 is 14.8 Å². The zero-order chi connectivity index (χ0) is 23.4. The molecule has 0 saturated heterocycles. The molecule has 6 heteroatoms. The van der Waals surface area contributed by atoms with Crippen LogP contribution in [0.25, 0.3) is 22.2 Å². The Hall–Kier alpha value is -3.57. The number of methoxy groups -OCH3 is 2. The number of hydrogen-bond acceptors (Lipinski definition) is 4. The van der Waals surface area contributed by atoms with Crippen LogP contribution >= 0.6 is 11.6 Å². The molecule has 0 atom stereocenters. The lowest BCUT2D eigenvalue weighted by molar-refractivity contribution is 0.0955. The molecule has 0 aliphatic carbocycles. The molecular weight excluding hydrogens is 436 g/mol. The molecule has 4 rings (SSSR count). The van der Waals surface area contributed by atoms with E-state index >= 15 is 0 Å². The van der Waals surface area contributed by atoms with E-state index in [-0.39, 0.29) is 5.91 Å². The van der Waals surface area contributed by atoms with E-state index in [1.165, 1.54) is 0 Å². The standard InChI is InChI=1S/C27H25ClN2O3/c1-17-25(27(31)29-14-13-18-9-12-23(32-2)24(15-18)33-3)21-16-20(28)10-11-22(21)30-26(17)19-7-5-4-6-8-19/h4-12,15-16H,13-14H2,1-3H3,(H,29,31). The fourth-order valence-electron chi connectivity index (χ4n) is 3.95. The highest BCUT2D eigenvalue weighted by Gasteiger charge is 2.19. The molecule has 0 unspecified atom stereocenters. The van der Waals surface area contributed by atoms with Gasteiger partial charge in [-0.15, -0.1) is 0 Å². The van der Waals surface area contributed by atoms with Gasteiger partial charge in [-0.05, 0) is 54.8 Å². The Labute approximate surface area is 198 Å². The van der Waals surface area contributed by atoms with Crippen LogP contribution in [0.5, 0.6) is 11.5 Å². The lowest BCUT2D eigenvalue weighted by Crippen LogP contribution is -2.27. The average Bonchev–Trinajstić information content (AvgIpc) is 2.84. The number of nitrogens with one attached hydrogen (secondary N) is 1. The van der Waals surface area contributed by atoms with Crippen LogP contribution in [0.2, 0.25) is 5.02 Å². The van der Waals surface area contributed by atoms with Crippen molar-refractivity contribution in [3.8, 4) is 22.8 Å². The Morgan fingerprint density at radius 2 is 1.73 bits per heavy atom. The Balaban J connectivity index is 1.63. The van der Waals surface area contributed by atoms with Crippen LogP contribution in [0.4, 0.5) is 0 Å². The Morgan fingerprint density at radius 1 is 0.970 bits per heavy atom. The summed E-state index contributed by atoms with van der Waals surface area (Å²) < 4.78 is 10.7. The molecule has 33 heavy (non-hydrogen) atoms.